The molecule has 3 amide bonds. The Balaban J connectivity index is 1.33. The van der Waals surface area contributed by atoms with E-state index in [1.165, 1.54) is 29.2 Å². The Hall–Kier alpha value is -3.95. The van der Waals surface area contributed by atoms with E-state index in [4.69, 9.17) is 16.4 Å². The number of aliphatic carboxylic acids is 1. The van der Waals surface area contributed by atoms with E-state index in [1.54, 1.807) is 0 Å². The highest BCUT2D eigenvalue weighted by atomic mass is 35.5. The fourth-order valence-electron chi connectivity index (χ4n) is 4.29. The van der Waals surface area contributed by atoms with Crippen LogP contribution in [0.1, 0.15) is 5.69 Å². The topological polar surface area (TPSA) is 159 Å². The summed E-state index contributed by atoms with van der Waals surface area (Å²) in [5, 5.41) is 19.9. The van der Waals surface area contributed by atoms with Crippen LogP contribution >= 0.6 is 34.7 Å². The number of imidazole rings is 1. The number of nitrogens with one attached hydrogen (secondary N) is 2. The molecule has 5 heterocycles. The summed E-state index contributed by atoms with van der Waals surface area (Å²) in [6.07, 6.45) is 5.60. The standard InChI is InChI=1S/C23H20ClN7O6S2/c1-37-28-16(13-11-39-23(25-13)26-14(32)8-24)19(33)27-17-20(34)31-18(22(35)36)12(10-38-21(17)31)9-30-7-6-29-5-3-2-4-15(29)30/h2-7,11,17,21H,8-10H2,1H3,(H2-,25,26,27,32,33,35,36)/p+1/b28-16-/t17-,21+/m1/s1. The minimum Gasteiger partial charge on any atom is -0.477 e. The molecule has 39 heavy (non-hydrogen) atoms. The van der Waals surface area contributed by atoms with Gasteiger partial charge in [0.2, 0.25) is 5.91 Å². The highest BCUT2D eigenvalue weighted by Crippen LogP contribution is 2.40. The van der Waals surface area contributed by atoms with Crippen LogP contribution in [0.5, 0.6) is 0 Å². The first kappa shape index (κ1) is 26.6. The Kier molecular flexibility index (Phi) is 7.54. The zero-order valence-electron chi connectivity index (χ0n) is 20.2. The lowest BCUT2D eigenvalue weighted by molar-refractivity contribution is -0.662. The van der Waals surface area contributed by atoms with Crippen LogP contribution in [0, 0.1) is 0 Å². The van der Waals surface area contributed by atoms with E-state index in [0.717, 1.165) is 17.0 Å². The third-order valence-corrected chi connectivity index (χ3v) is 8.32. The second-order valence-electron chi connectivity index (χ2n) is 8.35. The summed E-state index contributed by atoms with van der Waals surface area (Å²) in [5.74, 6) is -2.87. The van der Waals surface area contributed by atoms with Crippen molar-refractivity contribution in [3.05, 3.63) is 59.1 Å². The molecular weight excluding hydrogens is 570 g/mol. The molecule has 3 N–H and O–H groups in total. The lowest BCUT2D eigenvalue weighted by atomic mass is 10.0. The van der Waals surface area contributed by atoms with Crippen LogP contribution in [0.4, 0.5) is 5.13 Å². The quantitative estimate of drug-likeness (QED) is 0.108. The molecule has 0 radical (unpaired) electrons. The van der Waals surface area contributed by atoms with Gasteiger partial charge in [0, 0.05) is 22.8 Å². The number of amides is 3. The van der Waals surface area contributed by atoms with Crippen molar-refractivity contribution in [2.45, 2.75) is 18.0 Å². The number of hydrogen-bond acceptors (Lipinski definition) is 9. The highest BCUT2D eigenvalue weighted by Gasteiger charge is 2.54. The van der Waals surface area contributed by atoms with E-state index in [0.29, 0.717) is 17.9 Å². The number of β-lactam (4-membered cyclic amide) rings is 1. The Morgan fingerprint density at radius 3 is 2.90 bits per heavy atom. The van der Waals surface area contributed by atoms with Crippen LogP contribution in [-0.4, -0.2) is 79.0 Å². The molecular formula is C23H21ClN7O6S2+. The van der Waals surface area contributed by atoms with E-state index < -0.39 is 35.1 Å². The molecule has 0 saturated carbocycles. The third kappa shape index (κ3) is 5.07. The van der Waals surface area contributed by atoms with Gasteiger partial charge in [0.25, 0.3) is 17.5 Å². The zero-order valence-corrected chi connectivity index (χ0v) is 22.6. The summed E-state index contributed by atoms with van der Waals surface area (Å²) < 4.78 is 3.82. The molecule has 2 atom stereocenters. The van der Waals surface area contributed by atoms with Gasteiger partial charge in [-0.15, -0.1) is 34.7 Å². The van der Waals surface area contributed by atoms with Crippen LogP contribution in [0.15, 0.2) is 58.6 Å². The number of carboxylic acids is 1. The molecule has 0 spiro atoms. The van der Waals surface area contributed by atoms with Crippen molar-refractivity contribution in [2.24, 2.45) is 5.16 Å². The Bertz CT molecular complexity index is 1550. The van der Waals surface area contributed by atoms with Crippen LogP contribution in [0.3, 0.4) is 0 Å². The number of nitrogens with zero attached hydrogens (tertiary/aromatic N) is 5. The first-order valence-electron chi connectivity index (χ1n) is 11.4. The van der Waals surface area contributed by atoms with E-state index in [1.807, 2.05) is 45.8 Å². The number of carboxylic acid groups (broad SMARTS) is 1. The van der Waals surface area contributed by atoms with Gasteiger partial charge >= 0.3 is 5.97 Å². The van der Waals surface area contributed by atoms with Crippen LogP contribution in [0.25, 0.3) is 5.65 Å². The van der Waals surface area contributed by atoms with Crippen LogP contribution < -0.4 is 15.2 Å². The van der Waals surface area contributed by atoms with E-state index in [-0.39, 0.29) is 28.1 Å². The van der Waals surface area contributed by atoms with Gasteiger partial charge in [-0.1, -0.05) is 11.2 Å². The molecule has 0 aromatic carbocycles. The van der Waals surface area contributed by atoms with Gasteiger partial charge in [-0.05, 0) is 6.07 Å². The number of halogens is 1. The number of carbonyl (C=O) groups excluding carboxylic acids is 3. The van der Waals surface area contributed by atoms with Crippen molar-refractivity contribution < 1.29 is 33.7 Å². The number of thiazole rings is 1. The van der Waals surface area contributed by atoms with Gasteiger partial charge in [-0.3, -0.25) is 19.3 Å². The number of fused-ring (bicyclic) bond motifs is 2. The van der Waals surface area contributed by atoms with E-state index in [9.17, 15) is 24.3 Å². The summed E-state index contributed by atoms with van der Waals surface area (Å²) in [5.41, 5.74) is 1.29. The molecule has 0 unspecified atom stereocenters. The number of thioether (sulfide) groups is 1. The number of hydrogen-bond donors (Lipinski definition) is 3. The van der Waals surface area contributed by atoms with Crippen LogP contribution in [0.2, 0.25) is 0 Å². The van der Waals surface area contributed by atoms with Crippen molar-refractivity contribution in [1.82, 2.24) is 19.6 Å². The Morgan fingerprint density at radius 1 is 1.33 bits per heavy atom. The monoisotopic (exact) mass is 590 g/mol. The summed E-state index contributed by atoms with van der Waals surface area (Å²) in [7, 11) is 1.25. The van der Waals surface area contributed by atoms with Gasteiger partial charge in [0.15, 0.2) is 10.8 Å². The maximum Gasteiger partial charge on any atom is 0.352 e. The fraction of sp³-hybridized carbons (Fsp3) is 0.261. The maximum absolute atomic E-state index is 13.1. The minimum absolute atomic E-state index is 0.0815. The van der Waals surface area contributed by atoms with Gasteiger partial charge in [-0.2, -0.15) is 0 Å². The molecule has 0 bridgehead atoms. The normalized spacial score (nSPS) is 19.0. The number of alkyl halides is 1. The number of carbonyl (C=O) groups is 4. The summed E-state index contributed by atoms with van der Waals surface area (Å²) in [4.78, 5) is 60.2. The van der Waals surface area contributed by atoms with Gasteiger partial charge in [-0.25, -0.2) is 18.7 Å². The van der Waals surface area contributed by atoms with Crippen molar-refractivity contribution in [2.75, 3.05) is 24.1 Å². The summed E-state index contributed by atoms with van der Waals surface area (Å²) >= 11 is 7.91. The molecule has 2 aliphatic rings. The Labute approximate surface area is 234 Å². The molecule has 202 valence electrons. The highest BCUT2D eigenvalue weighted by molar-refractivity contribution is 8.00. The second-order valence-corrected chi connectivity index (χ2v) is 10.6. The smallest absolute Gasteiger partial charge is 0.352 e. The summed E-state index contributed by atoms with van der Waals surface area (Å²) in [6.45, 7) is 0.291. The first-order valence-corrected chi connectivity index (χ1v) is 13.9. The minimum atomic E-state index is -1.21. The van der Waals surface area contributed by atoms with Gasteiger partial charge in [0.1, 0.15) is 54.7 Å². The molecule has 3 aromatic heterocycles. The molecule has 1 saturated heterocycles. The molecule has 2 aliphatic heterocycles. The van der Waals surface area contributed by atoms with E-state index in [2.05, 4.69) is 20.8 Å². The van der Waals surface area contributed by atoms with E-state index >= 15 is 0 Å². The Morgan fingerprint density at radius 2 is 2.15 bits per heavy atom. The van der Waals surface area contributed by atoms with Crippen molar-refractivity contribution in [3.8, 4) is 0 Å². The number of rotatable bonds is 9. The SMILES string of the molecule is CO/N=C(\C(=O)N[C@@H]1C(=O)N2C(C(=O)O)=C(C[n+]3ccn4ccccc43)CS[C@@H]12)c1csc(NC(=O)CCl)n1. The zero-order chi connectivity index (χ0) is 27.7. The molecule has 13 nitrogen and oxygen atoms in total. The van der Waals surface area contributed by atoms with Gasteiger partial charge in [0.05, 0.1) is 6.20 Å². The first-order chi connectivity index (χ1) is 18.8. The summed E-state index contributed by atoms with van der Waals surface area (Å²) in [6, 6.07) is 4.72. The average Bonchev–Trinajstić information content (AvgIpc) is 3.56. The van der Waals surface area contributed by atoms with Crippen LogP contribution in [-0.2, 0) is 30.6 Å². The predicted molar refractivity (Wildman–Crippen MR) is 142 cm³/mol. The fourth-order valence-corrected chi connectivity index (χ4v) is 6.40. The second kappa shape index (κ2) is 11.0. The number of pyridine rings is 1. The molecule has 3 aromatic rings. The number of aromatic nitrogens is 3. The lowest BCUT2D eigenvalue weighted by Crippen LogP contribution is -2.71. The number of oxime groups is 1. The van der Waals surface area contributed by atoms with Crippen molar-refractivity contribution >= 4 is 74.9 Å². The predicted octanol–water partition coefficient (Wildman–Crippen LogP) is 0.650. The van der Waals surface area contributed by atoms with Crippen molar-refractivity contribution in [3.63, 3.8) is 0 Å². The molecule has 1 fully saturated rings. The number of anilines is 1. The van der Waals surface area contributed by atoms with Crippen molar-refractivity contribution in [1.29, 1.82) is 0 Å². The molecule has 0 aliphatic carbocycles. The maximum atomic E-state index is 13.1. The van der Waals surface area contributed by atoms with Gasteiger partial charge < -0.3 is 20.6 Å². The molecule has 16 heteroatoms. The average molecular weight is 591 g/mol. The molecule has 5 rings (SSSR count). The lowest BCUT2D eigenvalue weighted by Gasteiger charge is -2.49. The largest absolute Gasteiger partial charge is 0.477 e. The third-order valence-electron chi connectivity index (χ3n) is 5.98.